The lowest BCUT2D eigenvalue weighted by Gasteiger charge is -2.37. The number of aryl methyl sites for hydroxylation is 1. The predicted octanol–water partition coefficient (Wildman–Crippen LogP) is 5.08. The van der Waals surface area contributed by atoms with Crippen LogP contribution in [0.4, 0.5) is 11.4 Å². The average molecular weight is 502 g/mol. The standard InChI is InChI=1S/C29H35N5OS/c1-19(23-7-5-8-24(17-23)34-21(3)28(29(30)35)36-22(34)4)18-32-13-15-33(16-14-32)27-10-6-9-26-25(27)12-11-20(2)31-26/h5-12,17,19,22H,13-16,18H2,1-4H3,(H2,30,35). The van der Waals surface area contributed by atoms with Crippen molar-refractivity contribution in [2.45, 2.75) is 39.0 Å². The number of carbonyl (C=O) groups excluding carboxylic acids is 1. The van der Waals surface area contributed by atoms with E-state index < -0.39 is 0 Å². The molecule has 0 radical (unpaired) electrons. The summed E-state index contributed by atoms with van der Waals surface area (Å²) in [6.07, 6.45) is 0. The Labute approximate surface area is 218 Å². The average Bonchev–Trinajstić information content (AvgIpc) is 3.18. The van der Waals surface area contributed by atoms with Crippen LogP contribution in [0.15, 0.2) is 65.2 Å². The predicted molar refractivity (Wildman–Crippen MR) is 151 cm³/mol. The molecule has 3 heterocycles. The van der Waals surface area contributed by atoms with E-state index >= 15 is 0 Å². The molecule has 2 aromatic carbocycles. The van der Waals surface area contributed by atoms with Crippen molar-refractivity contribution in [3.63, 3.8) is 0 Å². The lowest BCUT2D eigenvalue weighted by Crippen LogP contribution is -2.47. The molecular formula is C29H35N5OS. The van der Waals surface area contributed by atoms with E-state index in [1.807, 2.05) is 13.8 Å². The zero-order chi connectivity index (χ0) is 25.4. The van der Waals surface area contributed by atoms with Gasteiger partial charge in [0.15, 0.2) is 0 Å². The Kier molecular flexibility index (Phi) is 6.95. The number of nitrogens with two attached hydrogens (primary N) is 1. The highest BCUT2D eigenvalue weighted by molar-refractivity contribution is 8.05. The minimum absolute atomic E-state index is 0.152. The van der Waals surface area contributed by atoms with Gasteiger partial charge in [0.25, 0.3) is 5.91 Å². The highest BCUT2D eigenvalue weighted by Crippen LogP contribution is 2.41. The maximum atomic E-state index is 11.8. The SMILES string of the molecule is CC1=C(C(N)=O)SC(C)N1c1cccc(C(C)CN2CCN(c3cccc4nc(C)ccc34)CC2)c1. The number of piperazine rings is 1. The van der Waals surface area contributed by atoms with Crippen molar-refractivity contribution < 1.29 is 4.79 Å². The van der Waals surface area contributed by atoms with Crippen LogP contribution in [0, 0.1) is 6.92 Å². The Balaban J connectivity index is 1.24. The molecule has 36 heavy (non-hydrogen) atoms. The molecule has 5 rings (SSSR count). The number of fused-ring (bicyclic) bond motifs is 1. The first-order valence-electron chi connectivity index (χ1n) is 12.7. The summed E-state index contributed by atoms with van der Waals surface area (Å²) in [7, 11) is 0. The molecule has 1 amide bonds. The number of hydrogen-bond donors (Lipinski definition) is 1. The summed E-state index contributed by atoms with van der Waals surface area (Å²) in [5.41, 5.74) is 12.4. The molecule has 2 aliphatic heterocycles. The number of rotatable bonds is 6. The van der Waals surface area contributed by atoms with Crippen LogP contribution in [-0.2, 0) is 4.79 Å². The Hall–Kier alpha value is -3.03. The third-order valence-corrected chi connectivity index (χ3v) is 8.66. The van der Waals surface area contributed by atoms with Crippen LogP contribution in [0.2, 0.25) is 0 Å². The zero-order valence-corrected chi connectivity index (χ0v) is 22.4. The van der Waals surface area contributed by atoms with Crippen LogP contribution in [0.1, 0.15) is 37.9 Å². The topological polar surface area (TPSA) is 65.7 Å². The first-order chi connectivity index (χ1) is 17.3. The van der Waals surface area contributed by atoms with Crippen LogP contribution < -0.4 is 15.5 Å². The molecular weight excluding hydrogens is 466 g/mol. The van der Waals surface area contributed by atoms with Crippen molar-refractivity contribution in [1.29, 1.82) is 0 Å². The monoisotopic (exact) mass is 501 g/mol. The van der Waals surface area contributed by atoms with Gasteiger partial charge < -0.3 is 15.5 Å². The summed E-state index contributed by atoms with van der Waals surface area (Å²) < 4.78 is 0. The highest BCUT2D eigenvalue weighted by atomic mass is 32.2. The van der Waals surface area contributed by atoms with Gasteiger partial charge in [-0.1, -0.05) is 36.9 Å². The van der Waals surface area contributed by atoms with Gasteiger partial charge in [0, 0.05) is 60.9 Å². The van der Waals surface area contributed by atoms with Crippen molar-refractivity contribution >= 4 is 39.9 Å². The first kappa shape index (κ1) is 24.7. The van der Waals surface area contributed by atoms with E-state index in [9.17, 15) is 4.79 Å². The van der Waals surface area contributed by atoms with Crippen LogP contribution in [0.5, 0.6) is 0 Å². The highest BCUT2D eigenvalue weighted by Gasteiger charge is 2.31. The summed E-state index contributed by atoms with van der Waals surface area (Å²) in [5, 5.41) is 1.39. The maximum absolute atomic E-state index is 11.8. The summed E-state index contributed by atoms with van der Waals surface area (Å²) in [5.74, 6) is 0.0667. The molecule has 2 aliphatic rings. The maximum Gasteiger partial charge on any atom is 0.256 e. The molecule has 0 aliphatic carbocycles. The van der Waals surface area contributed by atoms with Crippen molar-refractivity contribution in [2.75, 3.05) is 42.5 Å². The number of nitrogens with zero attached hydrogens (tertiary/aromatic N) is 4. The molecule has 2 atom stereocenters. The molecule has 0 spiro atoms. The molecule has 3 aromatic rings. The molecule has 7 heteroatoms. The number of primary amides is 1. The van der Waals surface area contributed by atoms with E-state index in [1.165, 1.54) is 16.6 Å². The second-order valence-corrected chi connectivity index (χ2v) is 11.3. The fraction of sp³-hybridized carbons (Fsp3) is 0.379. The van der Waals surface area contributed by atoms with Gasteiger partial charge in [0.2, 0.25) is 0 Å². The molecule has 0 bridgehead atoms. The van der Waals surface area contributed by atoms with E-state index in [4.69, 9.17) is 10.7 Å². The van der Waals surface area contributed by atoms with Gasteiger partial charge in [-0.3, -0.25) is 14.7 Å². The van der Waals surface area contributed by atoms with Crippen molar-refractivity contribution in [1.82, 2.24) is 9.88 Å². The number of aromatic nitrogens is 1. The smallest absolute Gasteiger partial charge is 0.256 e. The Morgan fingerprint density at radius 1 is 1.08 bits per heavy atom. The van der Waals surface area contributed by atoms with Gasteiger partial charge in [0.1, 0.15) is 0 Å². The molecule has 2 unspecified atom stereocenters. The first-order valence-corrected chi connectivity index (χ1v) is 13.6. The number of thioether (sulfide) groups is 1. The second kappa shape index (κ2) is 10.1. The lowest BCUT2D eigenvalue weighted by atomic mass is 9.99. The van der Waals surface area contributed by atoms with Gasteiger partial charge in [-0.25, -0.2) is 0 Å². The quantitative estimate of drug-likeness (QED) is 0.508. The number of carbonyl (C=O) groups is 1. The minimum Gasteiger partial charge on any atom is -0.368 e. The zero-order valence-electron chi connectivity index (χ0n) is 21.6. The molecule has 1 saturated heterocycles. The van der Waals surface area contributed by atoms with Crippen molar-refractivity contribution in [3.05, 3.63) is 76.5 Å². The number of hydrogen-bond acceptors (Lipinski definition) is 6. The van der Waals surface area contributed by atoms with E-state index in [0.717, 1.165) is 55.3 Å². The molecule has 1 fully saturated rings. The van der Waals surface area contributed by atoms with E-state index in [0.29, 0.717) is 10.8 Å². The van der Waals surface area contributed by atoms with Crippen LogP contribution in [0.25, 0.3) is 10.9 Å². The fourth-order valence-electron chi connectivity index (χ4n) is 5.49. The van der Waals surface area contributed by atoms with E-state index in [2.05, 4.69) is 83.1 Å². The number of pyridine rings is 1. The normalized spacial score (nSPS) is 19.8. The Morgan fingerprint density at radius 2 is 1.83 bits per heavy atom. The van der Waals surface area contributed by atoms with Crippen LogP contribution in [0.3, 0.4) is 0 Å². The second-order valence-electron chi connectivity index (χ2n) is 9.95. The third-order valence-electron chi connectivity index (χ3n) is 7.38. The molecule has 2 N–H and O–H groups in total. The van der Waals surface area contributed by atoms with Gasteiger partial charge in [0.05, 0.1) is 15.8 Å². The summed E-state index contributed by atoms with van der Waals surface area (Å²) in [4.78, 5) is 24.5. The number of allylic oxidation sites excluding steroid dienone is 1. The van der Waals surface area contributed by atoms with Gasteiger partial charge in [-0.15, -0.1) is 0 Å². The van der Waals surface area contributed by atoms with Gasteiger partial charge in [-0.05, 0) is 68.7 Å². The largest absolute Gasteiger partial charge is 0.368 e. The Morgan fingerprint density at radius 3 is 2.56 bits per heavy atom. The lowest BCUT2D eigenvalue weighted by molar-refractivity contribution is -0.113. The third kappa shape index (κ3) is 4.82. The minimum atomic E-state index is -0.342. The molecule has 188 valence electrons. The summed E-state index contributed by atoms with van der Waals surface area (Å²) >= 11 is 1.54. The van der Waals surface area contributed by atoms with Crippen LogP contribution >= 0.6 is 11.8 Å². The molecule has 1 aromatic heterocycles. The van der Waals surface area contributed by atoms with E-state index in [-0.39, 0.29) is 11.3 Å². The summed E-state index contributed by atoms with van der Waals surface area (Å²) in [6.45, 7) is 13.6. The van der Waals surface area contributed by atoms with Gasteiger partial charge >= 0.3 is 0 Å². The van der Waals surface area contributed by atoms with Crippen molar-refractivity contribution in [2.24, 2.45) is 5.73 Å². The van der Waals surface area contributed by atoms with Gasteiger partial charge in [-0.2, -0.15) is 0 Å². The Bertz CT molecular complexity index is 1310. The summed E-state index contributed by atoms with van der Waals surface area (Å²) in [6, 6.07) is 19.5. The molecule has 6 nitrogen and oxygen atoms in total. The fourth-order valence-corrected chi connectivity index (χ4v) is 6.60. The molecule has 0 saturated carbocycles. The van der Waals surface area contributed by atoms with E-state index in [1.54, 1.807) is 11.8 Å². The van der Waals surface area contributed by atoms with Crippen molar-refractivity contribution in [3.8, 4) is 0 Å². The number of benzene rings is 2. The van der Waals surface area contributed by atoms with Crippen LogP contribution in [-0.4, -0.2) is 53.9 Å². The number of amides is 1. The number of anilines is 2.